The average Bonchev–Trinajstić information content (AvgIpc) is 3.30. The summed E-state index contributed by atoms with van der Waals surface area (Å²) in [6.07, 6.45) is 3.20. The number of nitrogens with zero attached hydrogens (tertiary/aromatic N) is 5. The molecule has 1 fully saturated rings. The highest BCUT2D eigenvalue weighted by Crippen LogP contribution is 2.35. The highest BCUT2D eigenvalue weighted by Gasteiger charge is 2.31. The number of rotatable bonds is 6. The summed E-state index contributed by atoms with van der Waals surface area (Å²) < 4.78 is 7.83. The van der Waals surface area contributed by atoms with Crippen LogP contribution in [-0.2, 0) is 4.79 Å². The van der Waals surface area contributed by atoms with Gasteiger partial charge in [-0.2, -0.15) is 5.10 Å². The van der Waals surface area contributed by atoms with Crippen molar-refractivity contribution in [3.05, 3.63) is 60.9 Å². The number of aromatic nitrogens is 4. The Labute approximate surface area is 210 Å². The minimum atomic E-state index is -0.511. The van der Waals surface area contributed by atoms with E-state index >= 15 is 0 Å². The fraction of sp³-hybridized carbons (Fsp3) is 0.333. The third-order valence-electron chi connectivity index (χ3n) is 6.68. The van der Waals surface area contributed by atoms with Gasteiger partial charge in [0, 0.05) is 18.7 Å². The fourth-order valence-corrected chi connectivity index (χ4v) is 4.61. The molecule has 0 bridgehead atoms. The first-order valence-electron chi connectivity index (χ1n) is 12.3. The second-order valence-electron chi connectivity index (χ2n) is 9.54. The van der Waals surface area contributed by atoms with Crippen LogP contribution in [0.3, 0.4) is 0 Å². The maximum atomic E-state index is 12.9. The van der Waals surface area contributed by atoms with Gasteiger partial charge in [0.1, 0.15) is 29.3 Å². The van der Waals surface area contributed by atoms with Crippen LogP contribution in [0, 0.1) is 5.92 Å². The first kappa shape index (κ1) is 23.7. The Morgan fingerprint density at radius 2 is 1.78 bits per heavy atom. The van der Waals surface area contributed by atoms with Crippen molar-refractivity contribution in [1.82, 2.24) is 24.6 Å². The molecule has 5 rings (SSSR count). The lowest BCUT2D eigenvalue weighted by Gasteiger charge is -2.35. The minimum absolute atomic E-state index is 0.0190. The number of carbonyl (C=O) groups is 1. The standard InChI is InChI=1S/C27H31N7O2/c1-17(2)23(28)27(35)33-14-6-7-19(15-33)34-26-22(25(29)30-16-31-26)24(32-34)18-10-12-21(13-11-18)36-20-8-4-3-5-9-20/h3-5,8-13,16-17,19,23H,6-7,14-15,28H2,1-2H3,(H2,29,30,31). The molecule has 2 unspecified atom stereocenters. The van der Waals surface area contributed by atoms with Crippen LogP contribution >= 0.6 is 0 Å². The van der Waals surface area contributed by atoms with Crippen molar-refractivity contribution in [2.24, 2.45) is 11.7 Å². The molecule has 36 heavy (non-hydrogen) atoms. The van der Waals surface area contributed by atoms with Gasteiger partial charge < -0.3 is 21.1 Å². The monoisotopic (exact) mass is 485 g/mol. The Hall–Kier alpha value is -3.98. The molecular formula is C27H31N7O2. The van der Waals surface area contributed by atoms with E-state index in [4.69, 9.17) is 21.3 Å². The molecule has 2 aromatic carbocycles. The number of likely N-dealkylation sites (tertiary alicyclic amines) is 1. The van der Waals surface area contributed by atoms with Gasteiger partial charge in [0.2, 0.25) is 5.91 Å². The van der Waals surface area contributed by atoms with Crippen LogP contribution in [0.25, 0.3) is 22.3 Å². The van der Waals surface area contributed by atoms with E-state index in [-0.39, 0.29) is 17.9 Å². The van der Waals surface area contributed by atoms with Crippen LogP contribution in [-0.4, -0.2) is 49.7 Å². The molecule has 3 heterocycles. The molecule has 1 amide bonds. The number of piperidine rings is 1. The Morgan fingerprint density at radius 3 is 2.50 bits per heavy atom. The van der Waals surface area contributed by atoms with Crippen LogP contribution in [0.4, 0.5) is 5.82 Å². The van der Waals surface area contributed by atoms with Crippen LogP contribution < -0.4 is 16.2 Å². The van der Waals surface area contributed by atoms with E-state index in [0.717, 1.165) is 29.9 Å². The minimum Gasteiger partial charge on any atom is -0.457 e. The molecule has 0 spiro atoms. The van der Waals surface area contributed by atoms with Crippen LogP contribution in [0.2, 0.25) is 0 Å². The van der Waals surface area contributed by atoms with Gasteiger partial charge in [0.05, 0.1) is 17.5 Å². The van der Waals surface area contributed by atoms with Crippen LogP contribution in [0.1, 0.15) is 32.7 Å². The van der Waals surface area contributed by atoms with E-state index in [2.05, 4.69) is 9.97 Å². The summed E-state index contributed by atoms with van der Waals surface area (Å²) in [6, 6.07) is 16.8. The molecule has 9 heteroatoms. The molecule has 2 atom stereocenters. The Bertz CT molecular complexity index is 1350. The average molecular weight is 486 g/mol. The summed E-state index contributed by atoms with van der Waals surface area (Å²) in [7, 11) is 0. The molecular weight excluding hydrogens is 454 g/mol. The summed E-state index contributed by atoms with van der Waals surface area (Å²) in [5.41, 5.74) is 14.7. The summed E-state index contributed by atoms with van der Waals surface area (Å²) in [5.74, 6) is 1.93. The number of hydrogen-bond acceptors (Lipinski definition) is 7. The molecule has 4 aromatic rings. The van der Waals surface area contributed by atoms with Gasteiger partial charge in [-0.05, 0) is 55.2 Å². The van der Waals surface area contributed by atoms with Gasteiger partial charge in [0.25, 0.3) is 0 Å². The van der Waals surface area contributed by atoms with Crippen molar-refractivity contribution in [2.45, 2.75) is 38.8 Å². The van der Waals surface area contributed by atoms with Gasteiger partial charge in [-0.25, -0.2) is 14.6 Å². The van der Waals surface area contributed by atoms with E-state index < -0.39 is 6.04 Å². The van der Waals surface area contributed by atoms with E-state index in [0.29, 0.717) is 35.6 Å². The molecule has 1 aliphatic rings. The van der Waals surface area contributed by atoms with Crippen molar-refractivity contribution in [1.29, 1.82) is 0 Å². The normalized spacial score (nSPS) is 16.9. The third-order valence-corrected chi connectivity index (χ3v) is 6.68. The van der Waals surface area contributed by atoms with Crippen molar-refractivity contribution in [3.8, 4) is 22.8 Å². The lowest BCUT2D eigenvalue weighted by molar-refractivity contribution is -0.135. The second kappa shape index (κ2) is 9.94. The first-order valence-corrected chi connectivity index (χ1v) is 12.3. The molecule has 186 valence electrons. The second-order valence-corrected chi connectivity index (χ2v) is 9.54. The van der Waals surface area contributed by atoms with Crippen molar-refractivity contribution < 1.29 is 9.53 Å². The summed E-state index contributed by atoms with van der Waals surface area (Å²) in [4.78, 5) is 23.5. The maximum Gasteiger partial charge on any atom is 0.239 e. The molecule has 1 aliphatic heterocycles. The van der Waals surface area contributed by atoms with Gasteiger partial charge in [-0.15, -0.1) is 0 Å². The number of anilines is 1. The van der Waals surface area contributed by atoms with Crippen molar-refractivity contribution in [2.75, 3.05) is 18.8 Å². The zero-order valence-corrected chi connectivity index (χ0v) is 20.5. The number of hydrogen-bond donors (Lipinski definition) is 2. The molecule has 0 aliphatic carbocycles. The molecule has 0 saturated carbocycles. The molecule has 0 radical (unpaired) electrons. The highest BCUT2D eigenvalue weighted by molar-refractivity contribution is 5.98. The first-order chi connectivity index (χ1) is 17.4. The Morgan fingerprint density at radius 1 is 1.06 bits per heavy atom. The number of para-hydroxylation sites is 1. The number of amides is 1. The van der Waals surface area contributed by atoms with E-state index in [9.17, 15) is 4.79 Å². The van der Waals surface area contributed by atoms with Crippen LogP contribution in [0.15, 0.2) is 60.9 Å². The van der Waals surface area contributed by atoms with Crippen LogP contribution in [0.5, 0.6) is 11.5 Å². The highest BCUT2D eigenvalue weighted by atomic mass is 16.5. The molecule has 1 saturated heterocycles. The van der Waals surface area contributed by atoms with Gasteiger partial charge in [0.15, 0.2) is 5.65 Å². The maximum absolute atomic E-state index is 12.9. The number of carbonyl (C=O) groups excluding carboxylic acids is 1. The van der Waals surface area contributed by atoms with E-state index in [1.54, 1.807) is 0 Å². The molecule has 4 N–H and O–H groups in total. The number of benzene rings is 2. The molecule has 9 nitrogen and oxygen atoms in total. The predicted molar refractivity (Wildman–Crippen MR) is 139 cm³/mol. The zero-order valence-electron chi connectivity index (χ0n) is 20.5. The Balaban J connectivity index is 1.46. The molecule has 2 aromatic heterocycles. The van der Waals surface area contributed by atoms with Gasteiger partial charge in [-0.3, -0.25) is 4.79 Å². The third kappa shape index (κ3) is 4.61. The number of fused-ring (bicyclic) bond motifs is 1. The number of nitrogen functional groups attached to an aromatic ring is 1. The van der Waals surface area contributed by atoms with E-state index in [1.807, 2.05) is 78.0 Å². The quantitative estimate of drug-likeness (QED) is 0.423. The van der Waals surface area contributed by atoms with Gasteiger partial charge in [-0.1, -0.05) is 32.0 Å². The summed E-state index contributed by atoms with van der Waals surface area (Å²) in [6.45, 7) is 5.16. The Kier molecular flexibility index (Phi) is 6.56. The topological polar surface area (TPSA) is 125 Å². The predicted octanol–water partition coefficient (Wildman–Crippen LogP) is 4.01. The SMILES string of the molecule is CC(C)C(N)C(=O)N1CCCC(n2nc(-c3ccc(Oc4ccccc4)cc3)c3c(N)ncnc32)C1. The van der Waals surface area contributed by atoms with Gasteiger partial charge >= 0.3 is 0 Å². The number of ether oxygens (including phenoxy) is 1. The summed E-state index contributed by atoms with van der Waals surface area (Å²) >= 11 is 0. The van der Waals surface area contributed by atoms with E-state index in [1.165, 1.54) is 6.33 Å². The van der Waals surface area contributed by atoms with Crippen molar-refractivity contribution in [3.63, 3.8) is 0 Å². The summed E-state index contributed by atoms with van der Waals surface area (Å²) in [5, 5.41) is 5.66. The zero-order chi connectivity index (χ0) is 25.2. The lowest BCUT2D eigenvalue weighted by Crippen LogP contribution is -2.50. The largest absolute Gasteiger partial charge is 0.457 e. The number of nitrogens with two attached hydrogens (primary N) is 2. The smallest absolute Gasteiger partial charge is 0.239 e. The lowest BCUT2D eigenvalue weighted by atomic mass is 10.0. The van der Waals surface area contributed by atoms with Crippen molar-refractivity contribution >= 4 is 22.8 Å². The fourth-order valence-electron chi connectivity index (χ4n) is 4.61.